The maximum Gasteiger partial charge on any atom is 0.315 e. The number of rotatable bonds is 3. The van der Waals surface area contributed by atoms with Crippen molar-refractivity contribution in [2.45, 2.75) is 37.8 Å². The van der Waals surface area contributed by atoms with Crippen molar-refractivity contribution in [2.24, 2.45) is 17.2 Å². The molecule has 3 aliphatic rings. The van der Waals surface area contributed by atoms with E-state index < -0.39 is 28.7 Å². The Balaban J connectivity index is 2.26. The van der Waals surface area contributed by atoms with E-state index in [2.05, 4.69) is 6.58 Å². The van der Waals surface area contributed by atoms with Crippen molar-refractivity contribution in [3.05, 3.63) is 12.7 Å². The third kappa shape index (κ3) is 1.23. The van der Waals surface area contributed by atoms with Crippen molar-refractivity contribution in [1.82, 2.24) is 0 Å². The normalized spacial score (nSPS) is 52.5. The highest BCUT2D eigenvalue weighted by molar-refractivity contribution is 5.78. The van der Waals surface area contributed by atoms with Crippen LogP contribution in [0.25, 0.3) is 0 Å². The molecule has 0 radical (unpaired) electrons. The molecule has 5 nitrogen and oxygen atoms in total. The minimum absolute atomic E-state index is 0.116. The van der Waals surface area contributed by atoms with Crippen molar-refractivity contribution in [1.29, 1.82) is 0 Å². The summed E-state index contributed by atoms with van der Waals surface area (Å²) in [6.07, 6.45) is 2.26. The van der Waals surface area contributed by atoms with Crippen LogP contribution in [0.4, 0.5) is 0 Å². The zero-order chi connectivity index (χ0) is 15.7. The lowest BCUT2D eigenvalue weighted by molar-refractivity contribution is -0.385. The molecule has 2 heterocycles. The number of hydrogen-bond acceptors (Lipinski definition) is 5. The number of carbonyl (C=O) groups is 1. The number of ether oxygens (including phenoxy) is 4. The molecule has 3 rings (SSSR count). The molecule has 0 aromatic rings. The molecule has 112 valence electrons. The van der Waals surface area contributed by atoms with E-state index in [4.69, 9.17) is 20.3 Å². The third-order valence-electron chi connectivity index (χ3n) is 5.21. The zero-order valence-electron chi connectivity index (χ0n) is 13.4. The number of hydrogen-bond donors (Lipinski definition) is 0. The number of esters is 1. The van der Waals surface area contributed by atoms with E-state index in [0.717, 1.165) is 0 Å². The molecule has 20 heavy (non-hydrogen) atoms. The first-order valence-electron chi connectivity index (χ1n) is 7.38. The van der Waals surface area contributed by atoms with Gasteiger partial charge in [0.05, 0.1) is 31.3 Å². The molecule has 1 unspecified atom stereocenters. The van der Waals surface area contributed by atoms with Gasteiger partial charge in [0, 0.05) is 13.9 Å². The van der Waals surface area contributed by atoms with Crippen LogP contribution in [0.1, 0.15) is 21.6 Å². The second-order valence-electron chi connectivity index (χ2n) is 6.09. The van der Waals surface area contributed by atoms with Gasteiger partial charge < -0.3 is 18.9 Å². The van der Waals surface area contributed by atoms with Gasteiger partial charge in [0.25, 0.3) is 0 Å². The van der Waals surface area contributed by atoms with E-state index in [0.29, 0.717) is 13.0 Å². The van der Waals surface area contributed by atoms with Gasteiger partial charge >= 0.3 is 5.97 Å². The lowest BCUT2D eigenvalue weighted by Crippen LogP contribution is -2.77. The van der Waals surface area contributed by atoms with Crippen LogP contribution in [0.2, 0.25) is 0 Å². The molecule has 0 aromatic carbocycles. The quantitative estimate of drug-likeness (QED) is 0.580. The Morgan fingerprint density at radius 1 is 1.50 bits per heavy atom. The largest absolute Gasteiger partial charge is 0.469 e. The molecule has 0 spiro atoms. The van der Waals surface area contributed by atoms with Gasteiger partial charge in [-0.25, -0.2) is 0 Å². The zero-order valence-corrected chi connectivity index (χ0v) is 12.4. The summed E-state index contributed by atoms with van der Waals surface area (Å²) in [5.41, 5.74) is -1.63. The van der Waals surface area contributed by atoms with E-state index >= 15 is 0 Å². The molecule has 0 N–H and O–H groups in total. The third-order valence-corrected chi connectivity index (χ3v) is 5.21. The van der Waals surface area contributed by atoms with E-state index in [-0.39, 0.29) is 12.0 Å². The van der Waals surface area contributed by atoms with Crippen LogP contribution < -0.4 is 0 Å². The van der Waals surface area contributed by atoms with Crippen molar-refractivity contribution in [2.75, 3.05) is 20.8 Å². The van der Waals surface area contributed by atoms with Gasteiger partial charge in [-0.05, 0) is 20.3 Å². The Morgan fingerprint density at radius 2 is 2.20 bits per heavy atom. The van der Waals surface area contributed by atoms with Gasteiger partial charge in [-0.15, -0.1) is 6.58 Å². The summed E-state index contributed by atoms with van der Waals surface area (Å²) in [6, 6.07) is 0. The molecule has 5 heteroatoms. The minimum Gasteiger partial charge on any atom is -0.469 e. The molecule has 2 saturated heterocycles. The monoisotopic (exact) mass is 283 g/mol. The van der Waals surface area contributed by atoms with Crippen LogP contribution in [0.5, 0.6) is 0 Å². The molecule has 1 aliphatic carbocycles. The molecule has 1 saturated carbocycles. The average molecular weight is 283 g/mol. The Kier molecular flexibility index (Phi) is 2.60. The Hall–Kier alpha value is -0.910. The van der Waals surface area contributed by atoms with E-state index in [1.165, 1.54) is 14.2 Å². The standard InChI is InChI=1S/C15H22O5/c1-6-14-10-9(20-13(14,2)3)7-8-19-15(10,18-5)11(14)12(16)17-4/h6,9-11H,1,7-8H2,2-5H3/t9?,10-,11-,14+,15-/m1/s1/i11D. The first kappa shape index (κ1) is 12.8. The summed E-state index contributed by atoms with van der Waals surface area (Å²) >= 11 is 0. The van der Waals surface area contributed by atoms with Crippen LogP contribution >= 0.6 is 0 Å². The van der Waals surface area contributed by atoms with E-state index in [1.54, 1.807) is 6.08 Å². The van der Waals surface area contributed by atoms with Crippen LogP contribution in [-0.2, 0) is 23.7 Å². The second kappa shape index (κ2) is 4.06. The van der Waals surface area contributed by atoms with Crippen LogP contribution in [0.15, 0.2) is 12.7 Å². The summed E-state index contributed by atoms with van der Waals surface area (Å²) in [4.78, 5) is 12.5. The number of carbonyl (C=O) groups excluding carboxylic acids is 1. The highest BCUT2D eigenvalue weighted by atomic mass is 16.7. The van der Waals surface area contributed by atoms with Crippen molar-refractivity contribution < 1.29 is 25.1 Å². The van der Waals surface area contributed by atoms with Gasteiger partial charge in [-0.1, -0.05) is 6.08 Å². The average Bonchev–Trinajstić information content (AvgIpc) is 2.70. The van der Waals surface area contributed by atoms with Crippen molar-refractivity contribution in [3.63, 3.8) is 0 Å². The second-order valence-corrected chi connectivity index (χ2v) is 6.09. The maximum absolute atomic E-state index is 12.5. The fourth-order valence-electron chi connectivity index (χ4n) is 4.47. The van der Waals surface area contributed by atoms with Gasteiger partial charge in [-0.2, -0.15) is 0 Å². The smallest absolute Gasteiger partial charge is 0.315 e. The highest BCUT2D eigenvalue weighted by Gasteiger charge is 2.85. The Labute approximate surface area is 120 Å². The molecule has 0 aromatic heterocycles. The van der Waals surface area contributed by atoms with Crippen LogP contribution in [0.3, 0.4) is 0 Å². The topological polar surface area (TPSA) is 54.0 Å². The lowest BCUT2D eigenvalue weighted by atomic mass is 9.43. The molecular weight excluding hydrogens is 260 g/mol. The molecule has 5 atom stereocenters. The predicted molar refractivity (Wildman–Crippen MR) is 70.9 cm³/mol. The number of methoxy groups -OCH3 is 2. The fourth-order valence-corrected chi connectivity index (χ4v) is 4.47. The van der Waals surface area contributed by atoms with Gasteiger partial charge in [0.15, 0.2) is 5.79 Å². The summed E-state index contributed by atoms with van der Waals surface area (Å²) in [5.74, 6) is -4.01. The molecule has 0 amide bonds. The molecule has 2 aliphatic heterocycles. The summed E-state index contributed by atoms with van der Waals surface area (Å²) in [5, 5.41) is 0. The van der Waals surface area contributed by atoms with Crippen LogP contribution in [-0.4, -0.2) is 44.3 Å². The predicted octanol–water partition coefficient (Wildman–Crippen LogP) is 1.52. The molecular formula is C15H22O5. The summed E-state index contributed by atoms with van der Waals surface area (Å²) in [6.45, 7) is 8.06. The minimum atomic E-state index is -1.74. The van der Waals surface area contributed by atoms with Gasteiger partial charge in [-0.3, -0.25) is 4.79 Å². The SMILES string of the molecule is [2H][C@]1(C(=O)OC)[C@]2(OC)OCCC3OC(C)(C)[C@@]1(C=C)[C@@H]32. The maximum atomic E-state index is 12.5. The van der Waals surface area contributed by atoms with Gasteiger partial charge in [0.2, 0.25) is 0 Å². The van der Waals surface area contributed by atoms with Crippen molar-refractivity contribution in [3.8, 4) is 0 Å². The Bertz CT molecular complexity index is 506. The summed E-state index contributed by atoms with van der Waals surface area (Å²) in [7, 11) is 2.74. The fraction of sp³-hybridized carbons (Fsp3) is 0.800. The van der Waals surface area contributed by atoms with Crippen LogP contribution in [0, 0.1) is 17.2 Å². The summed E-state index contributed by atoms with van der Waals surface area (Å²) < 4.78 is 31.4. The first-order chi connectivity index (χ1) is 9.79. The van der Waals surface area contributed by atoms with Crippen molar-refractivity contribution >= 4 is 5.97 Å². The van der Waals surface area contributed by atoms with E-state index in [9.17, 15) is 4.79 Å². The Morgan fingerprint density at radius 3 is 2.75 bits per heavy atom. The first-order valence-corrected chi connectivity index (χ1v) is 6.88. The van der Waals surface area contributed by atoms with E-state index in [1.807, 2.05) is 13.8 Å². The highest BCUT2D eigenvalue weighted by Crippen LogP contribution is 2.73. The molecule has 0 bridgehead atoms. The van der Waals surface area contributed by atoms with Gasteiger partial charge in [0.1, 0.15) is 5.89 Å². The molecule has 3 fully saturated rings. The lowest BCUT2D eigenvalue weighted by Gasteiger charge is -2.65.